The molecule has 7 nitrogen and oxygen atoms in total. The van der Waals surface area contributed by atoms with Gasteiger partial charge >= 0.3 is 0 Å². The minimum absolute atomic E-state index is 0.125. The Bertz CT molecular complexity index is 1020. The third kappa shape index (κ3) is 8.57. The second-order valence-corrected chi connectivity index (χ2v) is 10.6. The van der Waals surface area contributed by atoms with Crippen LogP contribution in [0, 0.1) is 5.92 Å². The topological polar surface area (TPSA) is 95.6 Å². The van der Waals surface area contributed by atoms with Gasteiger partial charge in [-0.1, -0.05) is 63.2 Å². The maximum Gasteiger partial charge on any atom is 0.242 e. The Labute approximate surface area is 204 Å². The third-order valence-corrected chi connectivity index (χ3v) is 7.14. The van der Waals surface area contributed by atoms with Crippen molar-refractivity contribution in [2.75, 3.05) is 13.1 Å². The van der Waals surface area contributed by atoms with Crippen molar-refractivity contribution >= 4 is 21.8 Å². The molecule has 0 aliphatic heterocycles. The van der Waals surface area contributed by atoms with Gasteiger partial charge in [-0.25, -0.2) is 13.1 Å². The van der Waals surface area contributed by atoms with Crippen LogP contribution in [0.4, 0.5) is 0 Å². The Kier molecular flexibility index (Phi) is 10.7. The van der Waals surface area contributed by atoms with E-state index in [0.29, 0.717) is 32.0 Å². The Morgan fingerprint density at radius 1 is 0.941 bits per heavy atom. The normalized spacial score (nSPS) is 12.4. The molecule has 186 valence electrons. The fourth-order valence-corrected chi connectivity index (χ4v) is 4.54. The van der Waals surface area contributed by atoms with E-state index in [1.54, 1.807) is 43.0 Å². The molecule has 0 spiro atoms. The minimum atomic E-state index is -3.51. The molecule has 0 aliphatic rings. The highest BCUT2D eigenvalue weighted by atomic mass is 32.2. The van der Waals surface area contributed by atoms with E-state index in [9.17, 15) is 18.0 Å². The van der Waals surface area contributed by atoms with Crippen molar-refractivity contribution in [2.45, 2.75) is 64.4 Å². The quantitative estimate of drug-likeness (QED) is 0.452. The number of carbonyl (C=O) groups excluding carboxylic acids is 2. The molecule has 34 heavy (non-hydrogen) atoms. The number of carbonyl (C=O) groups is 2. The predicted molar refractivity (Wildman–Crippen MR) is 135 cm³/mol. The van der Waals surface area contributed by atoms with Gasteiger partial charge in [0.25, 0.3) is 0 Å². The maximum atomic E-state index is 13.2. The molecule has 0 aromatic heterocycles. The van der Waals surface area contributed by atoms with E-state index < -0.39 is 16.1 Å². The Hall–Kier alpha value is -2.71. The Morgan fingerprint density at radius 3 is 2.18 bits per heavy atom. The molecule has 2 N–H and O–H groups in total. The van der Waals surface area contributed by atoms with Crippen LogP contribution in [0.25, 0.3) is 0 Å². The van der Waals surface area contributed by atoms with Crippen molar-refractivity contribution in [2.24, 2.45) is 5.92 Å². The lowest BCUT2D eigenvalue weighted by atomic mass is 10.1. The van der Waals surface area contributed by atoms with Crippen LogP contribution in [0.15, 0.2) is 59.5 Å². The second-order valence-electron chi connectivity index (χ2n) is 8.80. The monoisotopic (exact) mass is 487 g/mol. The fraction of sp³-hybridized carbons (Fsp3) is 0.462. The molecule has 0 fully saturated rings. The van der Waals surface area contributed by atoms with Gasteiger partial charge in [0, 0.05) is 26.1 Å². The zero-order chi connectivity index (χ0) is 25.1. The van der Waals surface area contributed by atoms with E-state index in [1.807, 2.05) is 30.3 Å². The molecule has 2 amide bonds. The molecule has 0 saturated heterocycles. The largest absolute Gasteiger partial charge is 0.354 e. The summed E-state index contributed by atoms with van der Waals surface area (Å²) >= 11 is 0. The number of aryl methyl sites for hydroxylation is 1. The molecule has 0 radical (unpaired) electrons. The lowest BCUT2D eigenvalue weighted by Crippen LogP contribution is -2.48. The van der Waals surface area contributed by atoms with Crippen molar-refractivity contribution < 1.29 is 18.0 Å². The van der Waals surface area contributed by atoms with Gasteiger partial charge in [-0.3, -0.25) is 9.59 Å². The van der Waals surface area contributed by atoms with Gasteiger partial charge in [0.05, 0.1) is 4.90 Å². The Morgan fingerprint density at radius 2 is 1.59 bits per heavy atom. The number of sulfonamides is 1. The zero-order valence-electron chi connectivity index (χ0n) is 20.6. The molecule has 0 heterocycles. The highest BCUT2D eigenvalue weighted by Crippen LogP contribution is 2.15. The molecule has 1 atom stereocenters. The molecule has 0 bridgehead atoms. The van der Waals surface area contributed by atoms with Gasteiger partial charge in [0.15, 0.2) is 0 Å². The summed E-state index contributed by atoms with van der Waals surface area (Å²) in [6, 6.07) is 15.5. The summed E-state index contributed by atoms with van der Waals surface area (Å²) in [6.45, 7) is 8.93. The van der Waals surface area contributed by atoms with E-state index in [0.717, 1.165) is 17.5 Å². The summed E-state index contributed by atoms with van der Waals surface area (Å²) in [5.74, 6) is 0.194. The molecule has 2 rings (SSSR count). The van der Waals surface area contributed by atoms with Crippen LogP contribution >= 0.6 is 0 Å². The summed E-state index contributed by atoms with van der Waals surface area (Å²) < 4.78 is 26.7. The highest BCUT2D eigenvalue weighted by Gasteiger charge is 2.25. The van der Waals surface area contributed by atoms with Gasteiger partial charge in [-0.15, -0.1) is 0 Å². The lowest BCUT2D eigenvalue weighted by Gasteiger charge is -2.29. The van der Waals surface area contributed by atoms with Crippen LogP contribution in [-0.4, -0.2) is 44.3 Å². The number of amides is 2. The van der Waals surface area contributed by atoms with E-state index in [2.05, 4.69) is 23.9 Å². The summed E-state index contributed by atoms with van der Waals surface area (Å²) in [5, 5.41) is 2.94. The number of hydrogen-bond acceptors (Lipinski definition) is 4. The minimum Gasteiger partial charge on any atom is -0.354 e. The summed E-state index contributed by atoms with van der Waals surface area (Å²) in [6.07, 6.45) is 1.55. The Balaban J connectivity index is 2.08. The standard InChI is InChI=1S/C26H37N3O4S/c1-5-28-34(32,33)24-14-11-22(12-15-24)13-16-25(30)29(19-23-9-7-6-8-10-23)21(4)26(31)27-18-17-20(2)3/h6-12,14-15,20-21,28H,5,13,16-19H2,1-4H3,(H,27,31). The van der Waals surface area contributed by atoms with E-state index >= 15 is 0 Å². The van der Waals surface area contributed by atoms with Crippen LogP contribution in [0.1, 0.15) is 51.7 Å². The van der Waals surface area contributed by atoms with Crippen LogP contribution < -0.4 is 10.0 Å². The van der Waals surface area contributed by atoms with Gasteiger partial charge in [0.2, 0.25) is 21.8 Å². The molecule has 8 heteroatoms. The lowest BCUT2D eigenvalue weighted by molar-refractivity contribution is -0.140. The first-order chi connectivity index (χ1) is 16.1. The van der Waals surface area contributed by atoms with E-state index in [1.165, 1.54) is 0 Å². The van der Waals surface area contributed by atoms with Crippen LogP contribution in [-0.2, 0) is 32.6 Å². The number of hydrogen-bond donors (Lipinski definition) is 2. The molecule has 1 unspecified atom stereocenters. The molecule has 2 aromatic rings. The fourth-order valence-electron chi connectivity index (χ4n) is 3.50. The van der Waals surface area contributed by atoms with Crippen molar-refractivity contribution in [1.29, 1.82) is 0 Å². The van der Waals surface area contributed by atoms with Crippen LogP contribution in [0.3, 0.4) is 0 Å². The predicted octanol–water partition coefficient (Wildman–Crippen LogP) is 3.50. The van der Waals surface area contributed by atoms with Gasteiger partial charge in [-0.05, 0) is 48.9 Å². The first-order valence-electron chi connectivity index (χ1n) is 11.8. The SMILES string of the molecule is CCNS(=O)(=O)c1ccc(CCC(=O)N(Cc2ccccc2)C(C)C(=O)NCCC(C)C)cc1. The highest BCUT2D eigenvalue weighted by molar-refractivity contribution is 7.89. The number of benzene rings is 2. The molecule has 2 aromatic carbocycles. The smallest absolute Gasteiger partial charge is 0.242 e. The number of rotatable bonds is 13. The van der Waals surface area contributed by atoms with Crippen LogP contribution in [0.5, 0.6) is 0 Å². The van der Waals surface area contributed by atoms with Gasteiger partial charge in [-0.2, -0.15) is 0 Å². The second kappa shape index (κ2) is 13.2. The molecular weight excluding hydrogens is 450 g/mol. The van der Waals surface area contributed by atoms with Crippen molar-refractivity contribution in [1.82, 2.24) is 14.9 Å². The zero-order valence-corrected chi connectivity index (χ0v) is 21.4. The number of nitrogens with zero attached hydrogens (tertiary/aromatic N) is 1. The van der Waals surface area contributed by atoms with Crippen molar-refractivity contribution in [3.8, 4) is 0 Å². The summed E-state index contributed by atoms with van der Waals surface area (Å²) in [5.41, 5.74) is 1.81. The first kappa shape index (κ1) is 27.5. The molecule has 0 aliphatic carbocycles. The van der Waals surface area contributed by atoms with Crippen LogP contribution in [0.2, 0.25) is 0 Å². The summed E-state index contributed by atoms with van der Waals surface area (Å²) in [4.78, 5) is 27.8. The maximum absolute atomic E-state index is 13.2. The summed E-state index contributed by atoms with van der Waals surface area (Å²) in [7, 11) is -3.51. The van der Waals surface area contributed by atoms with E-state index in [4.69, 9.17) is 0 Å². The van der Waals surface area contributed by atoms with Crippen molar-refractivity contribution in [3.63, 3.8) is 0 Å². The van der Waals surface area contributed by atoms with Crippen molar-refractivity contribution in [3.05, 3.63) is 65.7 Å². The molecular formula is C26H37N3O4S. The molecule has 0 saturated carbocycles. The van der Waals surface area contributed by atoms with Gasteiger partial charge < -0.3 is 10.2 Å². The average Bonchev–Trinajstić information content (AvgIpc) is 2.81. The number of nitrogens with one attached hydrogen (secondary N) is 2. The average molecular weight is 488 g/mol. The van der Waals surface area contributed by atoms with E-state index in [-0.39, 0.29) is 23.1 Å². The third-order valence-electron chi connectivity index (χ3n) is 5.58. The van der Waals surface area contributed by atoms with Gasteiger partial charge in [0.1, 0.15) is 6.04 Å². The first-order valence-corrected chi connectivity index (χ1v) is 13.3.